The number of nitrogens with one attached hydrogen (secondary N) is 1. The summed E-state index contributed by atoms with van der Waals surface area (Å²) in [5.74, 6) is 0.727. The number of anilines is 1. The van der Waals surface area contributed by atoms with Crippen molar-refractivity contribution in [1.82, 2.24) is 9.97 Å². The molecule has 84 valence electrons. The molecule has 4 heteroatoms. The standard InChI is InChI=1S/C12H15N3S/c1-3-8-13-12-14-10-7-5-4-6-9(10)11(15-12)16-2/h4-7H,3,8H2,1-2H3,(H,13,14,15). The Kier molecular flexibility index (Phi) is 3.62. The van der Waals surface area contributed by atoms with Gasteiger partial charge < -0.3 is 5.32 Å². The molecular weight excluding hydrogens is 218 g/mol. The molecule has 0 unspecified atom stereocenters. The number of hydrogen-bond acceptors (Lipinski definition) is 4. The van der Waals surface area contributed by atoms with Crippen molar-refractivity contribution in [2.75, 3.05) is 18.1 Å². The minimum atomic E-state index is 0.727. The van der Waals surface area contributed by atoms with E-state index in [1.54, 1.807) is 11.8 Å². The quantitative estimate of drug-likeness (QED) is 0.650. The van der Waals surface area contributed by atoms with Crippen LogP contribution in [0.5, 0.6) is 0 Å². The second kappa shape index (κ2) is 5.16. The second-order valence-corrected chi connectivity index (χ2v) is 4.30. The van der Waals surface area contributed by atoms with E-state index in [-0.39, 0.29) is 0 Å². The van der Waals surface area contributed by atoms with Crippen LogP contribution in [-0.2, 0) is 0 Å². The van der Waals surface area contributed by atoms with Gasteiger partial charge in [0.05, 0.1) is 5.52 Å². The molecule has 16 heavy (non-hydrogen) atoms. The zero-order valence-electron chi connectivity index (χ0n) is 9.53. The van der Waals surface area contributed by atoms with E-state index in [1.165, 1.54) is 0 Å². The Bertz CT molecular complexity index is 485. The second-order valence-electron chi connectivity index (χ2n) is 3.50. The number of nitrogens with zero attached hydrogens (tertiary/aromatic N) is 2. The van der Waals surface area contributed by atoms with Crippen LogP contribution in [-0.4, -0.2) is 22.8 Å². The van der Waals surface area contributed by atoms with E-state index in [2.05, 4.69) is 28.3 Å². The van der Waals surface area contributed by atoms with Crippen LogP contribution in [0.1, 0.15) is 13.3 Å². The molecule has 0 bridgehead atoms. The van der Waals surface area contributed by atoms with Crippen LogP contribution in [0.3, 0.4) is 0 Å². The third kappa shape index (κ3) is 2.27. The highest BCUT2D eigenvalue weighted by Crippen LogP contribution is 2.24. The number of aromatic nitrogens is 2. The van der Waals surface area contributed by atoms with Gasteiger partial charge in [0.25, 0.3) is 0 Å². The summed E-state index contributed by atoms with van der Waals surface area (Å²) in [6, 6.07) is 8.10. The van der Waals surface area contributed by atoms with Crippen molar-refractivity contribution in [3.05, 3.63) is 24.3 Å². The molecular formula is C12H15N3S. The lowest BCUT2D eigenvalue weighted by molar-refractivity contribution is 0.946. The number of hydrogen-bond donors (Lipinski definition) is 1. The SMILES string of the molecule is CCCNc1nc(SC)c2ccccc2n1. The summed E-state index contributed by atoms with van der Waals surface area (Å²) in [7, 11) is 0. The van der Waals surface area contributed by atoms with E-state index in [9.17, 15) is 0 Å². The van der Waals surface area contributed by atoms with Crippen molar-refractivity contribution >= 4 is 28.6 Å². The molecule has 1 N–H and O–H groups in total. The zero-order chi connectivity index (χ0) is 11.4. The molecule has 0 saturated carbocycles. The summed E-state index contributed by atoms with van der Waals surface area (Å²) in [6.07, 6.45) is 3.11. The first kappa shape index (κ1) is 11.2. The fourth-order valence-electron chi connectivity index (χ4n) is 1.52. The first-order chi connectivity index (χ1) is 7.85. The number of benzene rings is 1. The first-order valence-electron chi connectivity index (χ1n) is 5.39. The molecule has 0 saturated heterocycles. The van der Waals surface area contributed by atoms with Gasteiger partial charge in [-0.2, -0.15) is 0 Å². The van der Waals surface area contributed by atoms with Crippen molar-refractivity contribution in [3.63, 3.8) is 0 Å². The monoisotopic (exact) mass is 233 g/mol. The van der Waals surface area contributed by atoms with E-state index in [1.807, 2.05) is 24.5 Å². The maximum atomic E-state index is 4.50. The lowest BCUT2D eigenvalue weighted by atomic mass is 10.2. The number of para-hydroxylation sites is 1. The van der Waals surface area contributed by atoms with E-state index < -0.39 is 0 Å². The lowest BCUT2D eigenvalue weighted by Gasteiger charge is -2.07. The fraction of sp³-hybridized carbons (Fsp3) is 0.333. The maximum Gasteiger partial charge on any atom is 0.224 e. The minimum absolute atomic E-state index is 0.727. The summed E-state index contributed by atoms with van der Waals surface area (Å²) >= 11 is 1.65. The highest BCUT2D eigenvalue weighted by molar-refractivity contribution is 7.98. The number of thioether (sulfide) groups is 1. The molecule has 1 aromatic carbocycles. The van der Waals surface area contributed by atoms with E-state index >= 15 is 0 Å². The van der Waals surface area contributed by atoms with Crippen LogP contribution in [0.2, 0.25) is 0 Å². The molecule has 1 aromatic heterocycles. The van der Waals surface area contributed by atoms with Gasteiger partial charge in [0.1, 0.15) is 5.03 Å². The van der Waals surface area contributed by atoms with Gasteiger partial charge in [-0.25, -0.2) is 9.97 Å². The molecule has 2 rings (SSSR count). The molecule has 0 aliphatic heterocycles. The predicted octanol–water partition coefficient (Wildman–Crippen LogP) is 3.17. The van der Waals surface area contributed by atoms with Crippen LogP contribution in [0, 0.1) is 0 Å². The molecule has 0 aliphatic carbocycles. The Balaban J connectivity index is 2.46. The normalized spacial score (nSPS) is 10.6. The zero-order valence-corrected chi connectivity index (χ0v) is 10.3. The van der Waals surface area contributed by atoms with E-state index in [4.69, 9.17) is 0 Å². The largest absolute Gasteiger partial charge is 0.354 e. The average molecular weight is 233 g/mol. The van der Waals surface area contributed by atoms with Gasteiger partial charge in [-0.3, -0.25) is 0 Å². The Morgan fingerprint density at radius 2 is 2.06 bits per heavy atom. The van der Waals surface area contributed by atoms with Gasteiger partial charge in [0.2, 0.25) is 5.95 Å². The summed E-state index contributed by atoms with van der Waals surface area (Å²) in [5.41, 5.74) is 1.00. The maximum absolute atomic E-state index is 4.50. The predicted molar refractivity (Wildman–Crippen MR) is 70.1 cm³/mol. The van der Waals surface area contributed by atoms with Crippen molar-refractivity contribution < 1.29 is 0 Å². The average Bonchev–Trinajstić information content (AvgIpc) is 2.35. The topological polar surface area (TPSA) is 37.8 Å². The lowest BCUT2D eigenvalue weighted by Crippen LogP contribution is -2.05. The minimum Gasteiger partial charge on any atom is -0.354 e. The van der Waals surface area contributed by atoms with E-state index in [0.29, 0.717) is 0 Å². The number of rotatable bonds is 4. The third-order valence-electron chi connectivity index (χ3n) is 2.29. The molecule has 0 radical (unpaired) electrons. The molecule has 0 amide bonds. The van der Waals surface area contributed by atoms with Crippen LogP contribution in [0.15, 0.2) is 29.3 Å². The van der Waals surface area contributed by atoms with Crippen molar-refractivity contribution in [1.29, 1.82) is 0 Å². The Morgan fingerprint density at radius 1 is 1.25 bits per heavy atom. The Morgan fingerprint density at radius 3 is 2.81 bits per heavy atom. The van der Waals surface area contributed by atoms with Gasteiger partial charge in [-0.05, 0) is 18.7 Å². The smallest absolute Gasteiger partial charge is 0.224 e. The van der Waals surface area contributed by atoms with Crippen LogP contribution in [0.25, 0.3) is 10.9 Å². The summed E-state index contributed by atoms with van der Waals surface area (Å²) in [5, 5.41) is 5.38. The molecule has 0 spiro atoms. The Hall–Kier alpha value is -1.29. The third-order valence-corrected chi connectivity index (χ3v) is 2.99. The van der Waals surface area contributed by atoms with Crippen molar-refractivity contribution in [2.45, 2.75) is 18.4 Å². The first-order valence-corrected chi connectivity index (χ1v) is 6.62. The van der Waals surface area contributed by atoms with E-state index in [0.717, 1.165) is 34.8 Å². The van der Waals surface area contributed by atoms with Gasteiger partial charge >= 0.3 is 0 Å². The molecule has 2 aromatic rings. The van der Waals surface area contributed by atoms with Gasteiger partial charge in [0, 0.05) is 11.9 Å². The van der Waals surface area contributed by atoms with Crippen LogP contribution in [0.4, 0.5) is 5.95 Å². The highest BCUT2D eigenvalue weighted by Gasteiger charge is 2.05. The van der Waals surface area contributed by atoms with Crippen LogP contribution < -0.4 is 5.32 Å². The highest BCUT2D eigenvalue weighted by atomic mass is 32.2. The molecule has 0 fully saturated rings. The van der Waals surface area contributed by atoms with Crippen molar-refractivity contribution in [3.8, 4) is 0 Å². The van der Waals surface area contributed by atoms with Gasteiger partial charge in [0.15, 0.2) is 0 Å². The Labute approximate surface area is 99.7 Å². The summed E-state index contributed by atoms with van der Waals surface area (Å²) in [4.78, 5) is 8.98. The van der Waals surface area contributed by atoms with Gasteiger partial charge in [-0.15, -0.1) is 11.8 Å². The molecule has 0 atom stereocenters. The van der Waals surface area contributed by atoms with Gasteiger partial charge in [-0.1, -0.05) is 25.1 Å². The van der Waals surface area contributed by atoms with Crippen molar-refractivity contribution in [2.24, 2.45) is 0 Å². The molecule has 1 heterocycles. The number of fused-ring (bicyclic) bond motifs is 1. The summed E-state index contributed by atoms with van der Waals surface area (Å²) < 4.78 is 0. The van der Waals surface area contributed by atoms with Crippen LogP contribution >= 0.6 is 11.8 Å². The molecule has 3 nitrogen and oxygen atoms in total. The fourth-order valence-corrected chi connectivity index (χ4v) is 2.09. The summed E-state index contributed by atoms with van der Waals surface area (Å²) in [6.45, 7) is 3.04. The molecule has 0 aliphatic rings.